The van der Waals surface area contributed by atoms with Gasteiger partial charge in [0, 0.05) is 11.8 Å². The van der Waals surface area contributed by atoms with Crippen molar-refractivity contribution in [3.05, 3.63) is 29.2 Å². The highest BCUT2D eigenvalue weighted by Crippen LogP contribution is 2.39. The molecule has 3 N–H and O–H groups in total. The number of anilines is 1. The van der Waals surface area contributed by atoms with Crippen molar-refractivity contribution >= 4 is 18.9 Å². The second-order valence-electron chi connectivity index (χ2n) is 6.46. The Morgan fingerprint density at radius 3 is 2.32 bits per heavy atom. The maximum atomic E-state index is 9.69. The Morgan fingerprint density at radius 1 is 1.27 bits per heavy atom. The molecule has 1 aliphatic rings. The van der Waals surface area contributed by atoms with Crippen LogP contribution in [0.4, 0.5) is 5.69 Å². The topological polar surface area (TPSA) is 73.9 Å². The average molecular weight is 305 g/mol. The molecule has 0 amide bonds. The quantitative estimate of drug-likeness (QED) is 0.659. The van der Waals surface area contributed by atoms with E-state index in [1.54, 1.807) is 19.3 Å². The number of nitrogens with two attached hydrogens (primary N) is 1. The van der Waals surface area contributed by atoms with Gasteiger partial charge in [0.15, 0.2) is 0 Å². The van der Waals surface area contributed by atoms with E-state index < -0.39 is 18.3 Å². The summed E-state index contributed by atoms with van der Waals surface area (Å²) < 4.78 is 17.1. The lowest BCUT2D eigenvalue weighted by Crippen LogP contribution is -2.41. The number of rotatable bonds is 4. The van der Waals surface area contributed by atoms with Crippen LogP contribution in [0.1, 0.15) is 33.3 Å². The van der Waals surface area contributed by atoms with Crippen LogP contribution in [-0.2, 0) is 9.31 Å². The monoisotopic (exact) mass is 305 g/mol. The maximum absolute atomic E-state index is 9.69. The van der Waals surface area contributed by atoms with Crippen LogP contribution in [0.3, 0.4) is 0 Å². The number of aliphatic hydroxyl groups is 1. The molecule has 0 spiro atoms. The van der Waals surface area contributed by atoms with E-state index in [2.05, 4.69) is 0 Å². The standard InChI is InChI=1S/C16H24BNO4/c1-15(2)16(3,4)22-17(21-15)12(10-19)8-11-6-7-13(20-5)9-14(11)18/h6-9,19H,10,18H2,1-5H3. The van der Waals surface area contributed by atoms with E-state index in [0.29, 0.717) is 16.9 Å². The average Bonchev–Trinajstić information content (AvgIpc) is 2.65. The molecule has 0 aromatic heterocycles. The summed E-state index contributed by atoms with van der Waals surface area (Å²) in [5.41, 5.74) is 7.12. The zero-order chi connectivity index (χ0) is 16.5. The summed E-state index contributed by atoms with van der Waals surface area (Å²) in [6, 6.07) is 5.40. The minimum Gasteiger partial charge on any atom is -0.497 e. The molecule has 0 radical (unpaired) electrons. The normalized spacial score (nSPS) is 20.3. The van der Waals surface area contributed by atoms with Gasteiger partial charge >= 0.3 is 7.12 Å². The fraction of sp³-hybridized carbons (Fsp3) is 0.500. The summed E-state index contributed by atoms with van der Waals surface area (Å²) in [5.74, 6) is 0.691. The number of hydrogen-bond donors (Lipinski definition) is 2. The van der Waals surface area contributed by atoms with Gasteiger partial charge in [-0.3, -0.25) is 0 Å². The summed E-state index contributed by atoms with van der Waals surface area (Å²) in [7, 11) is 1.00. The van der Waals surface area contributed by atoms with Crippen LogP contribution in [0.15, 0.2) is 23.7 Å². The van der Waals surface area contributed by atoms with Gasteiger partial charge in [-0.05, 0) is 50.9 Å². The van der Waals surface area contributed by atoms with Gasteiger partial charge in [-0.1, -0.05) is 6.08 Å². The molecular weight excluding hydrogens is 281 g/mol. The second-order valence-corrected chi connectivity index (χ2v) is 6.46. The third kappa shape index (κ3) is 3.14. The minimum atomic E-state index is -0.587. The Balaban J connectivity index is 2.29. The number of hydrogen-bond acceptors (Lipinski definition) is 5. The molecule has 0 unspecified atom stereocenters. The van der Waals surface area contributed by atoms with Crippen LogP contribution in [0, 0.1) is 0 Å². The Labute approximate surface area is 132 Å². The Kier molecular flexibility index (Phi) is 4.56. The van der Waals surface area contributed by atoms with Crippen molar-refractivity contribution in [2.45, 2.75) is 38.9 Å². The molecule has 0 atom stereocenters. The smallest absolute Gasteiger partial charge is 0.492 e. The molecule has 0 aliphatic carbocycles. The van der Waals surface area contributed by atoms with Crippen molar-refractivity contribution in [1.29, 1.82) is 0 Å². The van der Waals surface area contributed by atoms with Crippen molar-refractivity contribution < 1.29 is 19.2 Å². The van der Waals surface area contributed by atoms with Gasteiger partial charge in [0.1, 0.15) is 5.75 Å². The predicted molar refractivity (Wildman–Crippen MR) is 88.6 cm³/mol. The number of aliphatic hydroxyl groups excluding tert-OH is 1. The van der Waals surface area contributed by atoms with Gasteiger partial charge < -0.3 is 24.9 Å². The van der Waals surface area contributed by atoms with Crippen molar-refractivity contribution in [2.75, 3.05) is 19.5 Å². The Bertz CT molecular complexity index is 568. The number of methoxy groups -OCH3 is 1. The van der Waals surface area contributed by atoms with Crippen LogP contribution >= 0.6 is 0 Å². The zero-order valence-electron chi connectivity index (χ0n) is 13.8. The van der Waals surface area contributed by atoms with Crippen molar-refractivity contribution in [1.82, 2.24) is 0 Å². The molecule has 22 heavy (non-hydrogen) atoms. The van der Waals surface area contributed by atoms with Crippen LogP contribution in [0.5, 0.6) is 5.75 Å². The molecule has 0 bridgehead atoms. The molecular formula is C16H24BNO4. The van der Waals surface area contributed by atoms with Crippen molar-refractivity contribution in [3.63, 3.8) is 0 Å². The molecule has 1 aromatic carbocycles. The number of benzene rings is 1. The first-order valence-electron chi connectivity index (χ1n) is 7.30. The molecule has 1 fully saturated rings. The molecule has 1 saturated heterocycles. The third-order valence-corrected chi connectivity index (χ3v) is 4.37. The highest BCUT2D eigenvalue weighted by molar-refractivity contribution is 6.55. The highest BCUT2D eigenvalue weighted by Gasteiger charge is 2.52. The minimum absolute atomic E-state index is 0.164. The second kappa shape index (κ2) is 5.95. The van der Waals surface area contributed by atoms with E-state index in [1.165, 1.54) is 0 Å². The summed E-state index contributed by atoms with van der Waals surface area (Å²) in [5, 5.41) is 9.69. The molecule has 1 heterocycles. The van der Waals surface area contributed by atoms with E-state index in [4.69, 9.17) is 19.8 Å². The van der Waals surface area contributed by atoms with E-state index in [9.17, 15) is 5.11 Å². The first kappa shape index (κ1) is 16.9. The molecule has 1 aliphatic heterocycles. The summed E-state index contributed by atoms with van der Waals surface area (Å²) in [6.45, 7) is 7.74. The highest BCUT2D eigenvalue weighted by atomic mass is 16.7. The number of nitrogen functional groups attached to an aromatic ring is 1. The first-order valence-corrected chi connectivity index (χ1v) is 7.30. The fourth-order valence-corrected chi connectivity index (χ4v) is 2.19. The van der Waals surface area contributed by atoms with E-state index in [1.807, 2.05) is 39.8 Å². The summed E-state index contributed by atoms with van der Waals surface area (Å²) in [4.78, 5) is 0. The lowest BCUT2D eigenvalue weighted by molar-refractivity contribution is 0.00578. The van der Waals surface area contributed by atoms with Gasteiger partial charge in [-0.25, -0.2) is 0 Å². The molecule has 5 nitrogen and oxygen atoms in total. The van der Waals surface area contributed by atoms with Gasteiger partial charge in [0.05, 0.1) is 24.9 Å². The third-order valence-electron chi connectivity index (χ3n) is 4.37. The van der Waals surface area contributed by atoms with Crippen LogP contribution in [0.25, 0.3) is 6.08 Å². The predicted octanol–water partition coefficient (Wildman–Crippen LogP) is 2.28. The van der Waals surface area contributed by atoms with E-state index in [0.717, 1.165) is 5.56 Å². The van der Waals surface area contributed by atoms with E-state index >= 15 is 0 Å². The van der Waals surface area contributed by atoms with Crippen LogP contribution < -0.4 is 10.5 Å². The lowest BCUT2D eigenvalue weighted by Gasteiger charge is -2.32. The van der Waals surface area contributed by atoms with E-state index in [-0.39, 0.29) is 6.61 Å². The number of ether oxygens (including phenoxy) is 1. The lowest BCUT2D eigenvalue weighted by atomic mass is 9.77. The van der Waals surface area contributed by atoms with Crippen LogP contribution in [-0.4, -0.2) is 37.1 Å². The van der Waals surface area contributed by atoms with Gasteiger partial charge in [-0.2, -0.15) is 0 Å². The summed E-state index contributed by atoms with van der Waals surface area (Å²) >= 11 is 0. The SMILES string of the molecule is COc1ccc(C=C(CO)B2OC(C)(C)C(C)(C)O2)c(N)c1. The van der Waals surface area contributed by atoms with Crippen molar-refractivity contribution in [3.8, 4) is 5.75 Å². The fourth-order valence-electron chi connectivity index (χ4n) is 2.19. The molecule has 6 heteroatoms. The van der Waals surface area contributed by atoms with Gasteiger partial charge in [-0.15, -0.1) is 0 Å². The zero-order valence-corrected chi connectivity index (χ0v) is 13.8. The van der Waals surface area contributed by atoms with Gasteiger partial charge in [0.2, 0.25) is 0 Å². The van der Waals surface area contributed by atoms with Gasteiger partial charge in [0.25, 0.3) is 0 Å². The van der Waals surface area contributed by atoms with Crippen LogP contribution in [0.2, 0.25) is 0 Å². The Morgan fingerprint density at radius 2 is 1.86 bits per heavy atom. The largest absolute Gasteiger partial charge is 0.497 e. The summed E-state index contributed by atoms with van der Waals surface area (Å²) in [6.07, 6.45) is 1.80. The Hall–Kier alpha value is -1.50. The maximum Gasteiger partial charge on any atom is 0.492 e. The molecule has 2 rings (SSSR count). The molecule has 120 valence electrons. The molecule has 0 saturated carbocycles. The first-order chi connectivity index (χ1) is 10.2. The van der Waals surface area contributed by atoms with Crippen molar-refractivity contribution in [2.24, 2.45) is 0 Å². The molecule has 1 aromatic rings.